The molecule has 0 aliphatic carbocycles. The van der Waals surface area contributed by atoms with Crippen LogP contribution >= 0.6 is 35.0 Å². The lowest BCUT2D eigenvalue weighted by Gasteiger charge is -2.13. The highest BCUT2D eigenvalue weighted by molar-refractivity contribution is 8.00. The van der Waals surface area contributed by atoms with Crippen LogP contribution in [0.15, 0.2) is 22.0 Å². The number of hydrogen-bond acceptors (Lipinski definition) is 5. The van der Waals surface area contributed by atoms with Gasteiger partial charge in [-0.05, 0) is 44.7 Å². The van der Waals surface area contributed by atoms with E-state index in [1.807, 2.05) is 14.1 Å². The van der Waals surface area contributed by atoms with Crippen molar-refractivity contribution >= 4 is 47.5 Å². The number of rotatable bonds is 4. The zero-order chi connectivity index (χ0) is 22.6. The zero-order valence-electron chi connectivity index (χ0n) is 15.2. The highest BCUT2D eigenvalue weighted by Crippen LogP contribution is 2.45. The normalized spacial score (nSPS) is 11.5. The standard InChI is InChI=1S/C14H7Cl2F5N4S.C2H7N/c1-13(17,18)26-11-9(5-22)24-25(12(11)23-2)10-7(15)3-6(4-8(10)16)14(19,20)21;1-3-2/h3-4H,2H2,1H3;3H,1-2H3. The SMILES string of the molecule is C=Nc1c(SC(C)(F)F)c(C#N)nn1-c1c(Cl)cc(C(F)(F)F)cc1Cl.CNC. The summed E-state index contributed by atoms with van der Waals surface area (Å²) in [6.07, 6.45) is -4.70. The lowest BCUT2D eigenvalue weighted by atomic mass is 10.2. The Hall–Kier alpha value is -1.87. The maximum atomic E-state index is 13.4. The predicted octanol–water partition coefficient (Wildman–Crippen LogP) is 5.94. The Bertz CT molecular complexity index is 908. The van der Waals surface area contributed by atoms with E-state index in [0.717, 1.165) is 4.68 Å². The molecular weight excluding hydrogens is 460 g/mol. The minimum Gasteiger partial charge on any atom is -0.323 e. The van der Waals surface area contributed by atoms with E-state index in [4.69, 9.17) is 28.5 Å². The summed E-state index contributed by atoms with van der Waals surface area (Å²) in [5.41, 5.74) is -1.77. The quantitative estimate of drug-likeness (QED) is 0.338. The van der Waals surface area contributed by atoms with E-state index >= 15 is 0 Å². The average Bonchev–Trinajstić information content (AvgIpc) is 2.89. The van der Waals surface area contributed by atoms with E-state index in [1.54, 1.807) is 6.07 Å². The first-order chi connectivity index (χ1) is 13.3. The van der Waals surface area contributed by atoms with E-state index in [-0.39, 0.29) is 28.2 Å². The Morgan fingerprint density at radius 1 is 1.21 bits per heavy atom. The second-order valence-electron chi connectivity index (χ2n) is 5.38. The number of thioether (sulfide) groups is 1. The number of nitriles is 1. The molecule has 13 heteroatoms. The molecule has 0 atom stereocenters. The lowest BCUT2D eigenvalue weighted by molar-refractivity contribution is -0.137. The van der Waals surface area contributed by atoms with Gasteiger partial charge < -0.3 is 5.32 Å². The summed E-state index contributed by atoms with van der Waals surface area (Å²) in [5.74, 6) is -0.295. The van der Waals surface area contributed by atoms with E-state index in [1.165, 1.54) is 0 Å². The Labute approximate surface area is 177 Å². The summed E-state index contributed by atoms with van der Waals surface area (Å²) in [6, 6.07) is 2.82. The molecule has 0 aliphatic heterocycles. The summed E-state index contributed by atoms with van der Waals surface area (Å²) >= 11 is 11.8. The number of nitrogens with one attached hydrogen (secondary N) is 1. The van der Waals surface area contributed by atoms with Crippen LogP contribution in [0.4, 0.5) is 27.8 Å². The third-order valence-corrected chi connectivity index (χ3v) is 4.43. The minimum absolute atomic E-state index is 0.00131. The summed E-state index contributed by atoms with van der Waals surface area (Å²) in [7, 11) is 3.75. The number of hydrogen-bond donors (Lipinski definition) is 1. The molecule has 0 radical (unpaired) electrons. The highest BCUT2D eigenvalue weighted by atomic mass is 35.5. The Balaban J connectivity index is 0.00000132. The van der Waals surface area contributed by atoms with Gasteiger partial charge in [-0.2, -0.15) is 32.3 Å². The van der Waals surface area contributed by atoms with Crippen LogP contribution < -0.4 is 5.32 Å². The second kappa shape index (κ2) is 9.75. The molecule has 0 saturated carbocycles. The van der Waals surface area contributed by atoms with E-state index in [2.05, 4.69) is 22.1 Å². The lowest BCUT2D eigenvalue weighted by Crippen LogP contribution is -2.07. The van der Waals surface area contributed by atoms with Crippen LogP contribution in [-0.4, -0.2) is 35.8 Å². The number of aliphatic imine (C=N–C) groups is 1. The molecule has 1 N–H and O–H groups in total. The third kappa shape index (κ3) is 6.30. The molecule has 5 nitrogen and oxygen atoms in total. The van der Waals surface area contributed by atoms with Gasteiger partial charge in [0.2, 0.25) is 0 Å². The molecule has 0 saturated heterocycles. The maximum Gasteiger partial charge on any atom is 0.416 e. The fraction of sp³-hybridized carbons (Fsp3) is 0.312. The van der Waals surface area contributed by atoms with Gasteiger partial charge in [0.25, 0.3) is 5.25 Å². The minimum atomic E-state index is -4.70. The molecule has 0 bridgehead atoms. The van der Waals surface area contributed by atoms with Crippen LogP contribution in [0.2, 0.25) is 10.0 Å². The van der Waals surface area contributed by atoms with Crippen molar-refractivity contribution < 1.29 is 22.0 Å². The van der Waals surface area contributed by atoms with Crippen LogP contribution in [0, 0.1) is 11.3 Å². The highest BCUT2D eigenvalue weighted by Gasteiger charge is 2.34. The van der Waals surface area contributed by atoms with Crippen molar-refractivity contribution in [3.05, 3.63) is 33.4 Å². The first-order valence-corrected chi connectivity index (χ1v) is 9.09. The molecule has 0 unspecified atom stereocenters. The third-order valence-electron chi connectivity index (χ3n) is 2.91. The molecule has 1 aromatic heterocycles. The van der Waals surface area contributed by atoms with Crippen LogP contribution in [0.25, 0.3) is 5.69 Å². The number of alkyl halides is 5. The first-order valence-electron chi connectivity index (χ1n) is 7.52. The summed E-state index contributed by atoms with van der Waals surface area (Å²) in [4.78, 5) is 3.26. The van der Waals surface area contributed by atoms with Crippen LogP contribution in [-0.2, 0) is 6.18 Å². The molecule has 0 aliphatic rings. The monoisotopic (exact) mass is 473 g/mol. The second-order valence-corrected chi connectivity index (χ2v) is 7.52. The van der Waals surface area contributed by atoms with Crippen LogP contribution in [0.3, 0.4) is 0 Å². The average molecular weight is 474 g/mol. The van der Waals surface area contributed by atoms with Crippen molar-refractivity contribution in [3.63, 3.8) is 0 Å². The van der Waals surface area contributed by atoms with Gasteiger partial charge >= 0.3 is 6.18 Å². The number of benzene rings is 1. The maximum absolute atomic E-state index is 13.4. The van der Waals surface area contributed by atoms with E-state index < -0.39 is 32.7 Å². The molecule has 0 spiro atoms. The predicted molar refractivity (Wildman–Crippen MR) is 104 cm³/mol. The van der Waals surface area contributed by atoms with Gasteiger partial charge in [0.1, 0.15) is 11.8 Å². The van der Waals surface area contributed by atoms with Crippen molar-refractivity contribution in [2.45, 2.75) is 23.3 Å². The summed E-state index contributed by atoms with van der Waals surface area (Å²) in [5, 5.41) is 11.5. The largest absolute Gasteiger partial charge is 0.416 e. The van der Waals surface area contributed by atoms with Gasteiger partial charge in [-0.25, -0.2) is 9.67 Å². The molecule has 1 heterocycles. The fourth-order valence-electron chi connectivity index (χ4n) is 1.97. The topological polar surface area (TPSA) is 66.0 Å². The molecule has 0 fully saturated rings. The van der Waals surface area contributed by atoms with Crippen LogP contribution in [0.5, 0.6) is 0 Å². The van der Waals surface area contributed by atoms with Gasteiger partial charge in [-0.1, -0.05) is 23.2 Å². The van der Waals surface area contributed by atoms with Gasteiger partial charge in [0, 0.05) is 6.92 Å². The number of halogens is 7. The molecule has 1 aromatic carbocycles. The van der Waals surface area contributed by atoms with Crippen molar-refractivity contribution in [1.82, 2.24) is 15.1 Å². The smallest absolute Gasteiger partial charge is 0.323 e. The Morgan fingerprint density at radius 3 is 2.03 bits per heavy atom. The molecular formula is C16H14Cl2F5N5S. The van der Waals surface area contributed by atoms with Crippen molar-refractivity contribution in [3.8, 4) is 11.8 Å². The molecule has 0 amide bonds. The fourth-order valence-corrected chi connectivity index (χ4v) is 3.40. The Kier molecular flexibility index (Phi) is 8.47. The van der Waals surface area contributed by atoms with Gasteiger partial charge in [0.15, 0.2) is 11.5 Å². The molecule has 158 valence electrons. The van der Waals surface area contributed by atoms with Crippen molar-refractivity contribution in [2.75, 3.05) is 14.1 Å². The van der Waals surface area contributed by atoms with Gasteiger partial charge in [0.05, 0.1) is 20.5 Å². The van der Waals surface area contributed by atoms with Gasteiger partial charge in [-0.15, -0.1) is 0 Å². The van der Waals surface area contributed by atoms with Gasteiger partial charge in [-0.3, -0.25) is 0 Å². The van der Waals surface area contributed by atoms with Crippen LogP contribution in [0.1, 0.15) is 18.2 Å². The van der Waals surface area contributed by atoms with Crippen molar-refractivity contribution in [1.29, 1.82) is 5.26 Å². The molecule has 2 aromatic rings. The first kappa shape index (κ1) is 25.2. The summed E-state index contributed by atoms with van der Waals surface area (Å²) < 4.78 is 66.1. The van der Waals surface area contributed by atoms with E-state index in [0.29, 0.717) is 19.1 Å². The Morgan fingerprint density at radius 2 is 1.69 bits per heavy atom. The zero-order valence-corrected chi connectivity index (χ0v) is 17.5. The summed E-state index contributed by atoms with van der Waals surface area (Å²) in [6.45, 7) is 3.83. The molecule has 2 rings (SSSR count). The number of aromatic nitrogens is 2. The van der Waals surface area contributed by atoms with Crippen molar-refractivity contribution in [2.24, 2.45) is 4.99 Å². The molecule has 29 heavy (non-hydrogen) atoms. The number of nitrogens with zero attached hydrogens (tertiary/aromatic N) is 4. The van der Waals surface area contributed by atoms with E-state index in [9.17, 15) is 22.0 Å².